The molecule has 0 fully saturated rings. The minimum Gasteiger partial charge on any atom is -0.466 e. The van der Waals surface area contributed by atoms with Crippen molar-refractivity contribution in [3.05, 3.63) is 12.2 Å². The van der Waals surface area contributed by atoms with Crippen molar-refractivity contribution in [2.45, 2.75) is 0 Å². The number of aliphatic hydroxyl groups is 1. The van der Waals surface area contributed by atoms with Gasteiger partial charge in [0.2, 0.25) is 0 Å². The molecule has 0 bridgehead atoms. The Bertz CT molecular complexity index is 280. The molecule has 62 valence electrons. The molecule has 0 aromatic rings. The third-order valence-electron chi connectivity index (χ3n) is 0.806. The lowest BCUT2D eigenvalue weighted by molar-refractivity contribution is -0.134. The van der Waals surface area contributed by atoms with Crippen LogP contribution in [-0.2, 0) is 9.53 Å². The standard InChI is InChI=1S/C9H8O3/c1-12-9(11)7-5-3-2-4-6-8-10/h5,7,10H,8H2,1H3. The Kier molecular flexibility index (Phi) is 6.34. The molecule has 0 aromatic heterocycles. The van der Waals surface area contributed by atoms with Crippen LogP contribution < -0.4 is 0 Å². The fourth-order valence-corrected chi connectivity index (χ4v) is 0.339. The molecule has 0 aliphatic rings. The van der Waals surface area contributed by atoms with Gasteiger partial charge in [-0.1, -0.05) is 11.8 Å². The van der Waals surface area contributed by atoms with Gasteiger partial charge in [0.15, 0.2) is 0 Å². The second-order valence-electron chi connectivity index (χ2n) is 1.59. The molecule has 0 unspecified atom stereocenters. The monoisotopic (exact) mass is 164 g/mol. The first-order valence-corrected chi connectivity index (χ1v) is 3.15. The van der Waals surface area contributed by atoms with Crippen LogP contribution in [0.5, 0.6) is 0 Å². The Morgan fingerprint density at radius 3 is 2.92 bits per heavy atom. The van der Waals surface area contributed by atoms with Crippen LogP contribution in [0, 0.1) is 23.7 Å². The summed E-state index contributed by atoms with van der Waals surface area (Å²) in [6.07, 6.45) is 2.52. The summed E-state index contributed by atoms with van der Waals surface area (Å²) < 4.78 is 4.31. The summed E-state index contributed by atoms with van der Waals surface area (Å²) in [5.74, 6) is 9.11. The van der Waals surface area contributed by atoms with E-state index in [0.29, 0.717) is 0 Å². The maximum absolute atomic E-state index is 10.4. The number of rotatable bonds is 1. The molecule has 12 heavy (non-hydrogen) atoms. The van der Waals surface area contributed by atoms with Gasteiger partial charge in [0, 0.05) is 6.08 Å². The third-order valence-corrected chi connectivity index (χ3v) is 0.806. The normalized spacial score (nSPS) is 7.83. The van der Waals surface area contributed by atoms with Gasteiger partial charge in [-0.3, -0.25) is 0 Å². The van der Waals surface area contributed by atoms with E-state index in [4.69, 9.17) is 5.11 Å². The molecular weight excluding hydrogens is 156 g/mol. The van der Waals surface area contributed by atoms with Gasteiger partial charge in [-0.05, 0) is 17.9 Å². The molecule has 0 aliphatic heterocycles. The molecule has 0 atom stereocenters. The molecule has 0 amide bonds. The van der Waals surface area contributed by atoms with E-state index in [1.54, 1.807) is 0 Å². The van der Waals surface area contributed by atoms with Gasteiger partial charge in [-0.15, -0.1) is 0 Å². The molecule has 0 aliphatic carbocycles. The highest BCUT2D eigenvalue weighted by Gasteiger charge is 1.85. The smallest absolute Gasteiger partial charge is 0.331 e. The molecule has 0 saturated heterocycles. The molecule has 0 rings (SSSR count). The lowest BCUT2D eigenvalue weighted by Crippen LogP contribution is -1.92. The van der Waals surface area contributed by atoms with E-state index in [0.717, 1.165) is 0 Å². The van der Waals surface area contributed by atoms with Crippen LogP contribution in [0.3, 0.4) is 0 Å². The molecule has 1 N–H and O–H groups in total. The Balaban J connectivity index is 3.85. The first kappa shape index (κ1) is 10.3. The number of ether oxygens (including phenoxy) is 1. The zero-order valence-electron chi connectivity index (χ0n) is 6.63. The van der Waals surface area contributed by atoms with Crippen LogP contribution in [0.2, 0.25) is 0 Å². The van der Waals surface area contributed by atoms with Crippen LogP contribution in [0.15, 0.2) is 12.2 Å². The van der Waals surface area contributed by atoms with Gasteiger partial charge < -0.3 is 9.84 Å². The Morgan fingerprint density at radius 1 is 1.58 bits per heavy atom. The van der Waals surface area contributed by atoms with Crippen LogP contribution in [0.4, 0.5) is 0 Å². The maximum atomic E-state index is 10.4. The molecule has 3 heteroatoms. The van der Waals surface area contributed by atoms with Gasteiger partial charge in [-0.25, -0.2) is 4.79 Å². The Labute approximate surface area is 71.0 Å². The van der Waals surface area contributed by atoms with Crippen molar-refractivity contribution in [2.75, 3.05) is 13.7 Å². The van der Waals surface area contributed by atoms with Gasteiger partial charge in [0.1, 0.15) is 6.61 Å². The number of hydrogen-bond acceptors (Lipinski definition) is 3. The van der Waals surface area contributed by atoms with Gasteiger partial charge in [0.25, 0.3) is 0 Å². The summed E-state index contributed by atoms with van der Waals surface area (Å²) in [7, 11) is 1.28. The second-order valence-corrected chi connectivity index (χ2v) is 1.59. The third kappa shape index (κ3) is 6.41. The van der Waals surface area contributed by atoms with Gasteiger partial charge in [-0.2, -0.15) is 0 Å². The van der Waals surface area contributed by atoms with Crippen LogP contribution >= 0.6 is 0 Å². The van der Waals surface area contributed by atoms with Crippen molar-refractivity contribution in [1.29, 1.82) is 0 Å². The number of aliphatic hydroxyl groups excluding tert-OH is 1. The summed E-state index contributed by atoms with van der Waals surface area (Å²) in [6.45, 7) is -0.213. The lowest BCUT2D eigenvalue weighted by atomic mass is 10.4. The number of hydrogen-bond donors (Lipinski definition) is 1. The van der Waals surface area contributed by atoms with E-state index < -0.39 is 5.97 Å². The van der Waals surface area contributed by atoms with Crippen LogP contribution in [0.1, 0.15) is 0 Å². The number of methoxy groups -OCH3 is 1. The first-order valence-electron chi connectivity index (χ1n) is 3.15. The quantitative estimate of drug-likeness (QED) is 0.329. The van der Waals surface area contributed by atoms with E-state index in [-0.39, 0.29) is 6.61 Å². The van der Waals surface area contributed by atoms with Crippen molar-refractivity contribution in [2.24, 2.45) is 0 Å². The fourth-order valence-electron chi connectivity index (χ4n) is 0.339. The Hall–Kier alpha value is -1.71. The fraction of sp³-hybridized carbons (Fsp3) is 0.222. The maximum Gasteiger partial charge on any atom is 0.331 e. The van der Waals surface area contributed by atoms with Crippen LogP contribution in [0.25, 0.3) is 0 Å². The largest absolute Gasteiger partial charge is 0.466 e. The molecular formula is C9H8O3. The minimum atomic E-state index is -0.459. The van der Waals surface area contributed by atoms with Gasteiger partial charge >= 0.3 is 5.97 Å². The van der Waals surface area contributed by atoms with Crippen molar-refractivity contribution < 1.29 is 14.6 Å². The summed E-state index contributed by atoms with van der Waals surface area (Å²) in [4.78, 5) is 10.4. The number of allylic oxidation sites excluding steroid dienone is 1. The van der Waals surface area contributed by atoms with E-state index in [1.807, 2.05) is 0 Å². The summed E-state index contributed by atoms with van der Waals surface area (Å²) in [6, 6.07) is 0. The molecule has 0 heterocycles. The molecule has 0 saturated carbocycles. The van der Waals surface area contributed by atoms with E-state index >= 15 is 0 Å². The number of carbonyl (C=O) groups excluding carboxylic acids is 1. The van der Waals surface area contributed by atoms with E-state index in [9.17, 15) is 4.79 Å². The van der Waals surface area contributed by atoms with Crippen molar-refractivity contribution in [1.82, 2.24) is 0 Å². The topological polar surface area (TPSA) is 46.5 Å². The molecule has 3 nitrogen and oxygen atoms in total. The summed E-state index contributed by atoms with van der Waals surface area (Å²) in [5, 5.41) is 8.22. The molecule has 0 aromatic carbocycles. The van der Waals surface area contributed by atoms with E-state index in [1.165, 1.54) is 19.3 Å². The number of carbonyl (C=O) groups is 1. The first-order chi connectivity index (χ1) is 5.81. The van der Waals surface area contributed by atoms with E-state index in [2.05, 4.69) is 28.4 Å². The zero-order chi connectivity index (χ0) is 9.23. The van der Waals surface area contributed by atoms with Gasteiger partial charge in [0.05, 0.1) is 7.11 Å². The predicted octanol–water partition coefficient (Wildman–Crippen LogP) is -0.285. The SMILES string of the molecule is COC(=O)C=CC#CC#CCO. The summed E-state index contributed by atoms with van der Waals surface area (Å²) in [5.41, 5.74) is 0. The number of esters is 1. The zero-order valence-corrected chi connectivity index (χ0v) is 6.63. The highest BCUT2D eigenvalue weighted by molar-refractivity contribution is 5.82. The lowest BCUT2D eigenvalue weighted by Gasteiger charge is -1.84. The summed E-state index contributed by atoms with van der Waals surface area (Å²) >= 11 is 0. The Morgan fingerprint density at radius 2 is 2.33 bits per heavy atom. The van der Waals surface area contributed by atoms with Crippen molar-refractivity contribution in [3.63, 3.8) is 0 Å². The second kappa shape index (κ2) is 7.40. The average molecular weight is 164 g/mol. The molecule has 0 radical (unpaired) electrons. The van der Waals surface area contributed by atoms with Crippen molar-refractivity contribution in [3.8, 4) is 23.7 Å². The highest BCUT2D eigenvalue weighted by Crippen LogP contribution is 1.75. The van der Waals surface area contributed by atoms with Crippen LogP contribution in [-0.4, -0.2) is 24.8 Å². The predicted molar refractivity (Wildman–Crippen MR) is 43.8 cm³/mol. The van der Waals surface area contributed by atoms with Crippen molar-refractivity contribution >= 4 is 5.97 Å². The highest BCUT2D eigenvalue weighted by atomic mass is 16.5. The molecule has 0 spiro atoms. The minimum absolute atomic E-state index is 0.213. The average Bonchev–Trinajstić information content (AvgIpc) is 2.10.